The van der Waals surface area contributed by atoms with Gasteiger partial charge in [-0.2, -0.15) is 5.26 Å². The fraction of sp³-hybridized carbons (Fsp3) is 0.238. The average molecular weight is 390 g/mol. The number of amides is 1. The van der Waals surface area contributed by atoms with E-state index in [4.69, 9.17) is 5.26 Å². The highest BCUT2D eigenvalue weighted by atomic mass is 32.2. The van der Waals surface area contributed by atoms with Crippen molar-refractivity contribution in [1.29, 1.82) is 5.26 Å². The third-order valence-electron chi connectivity index (χ3n) is 4.56. The molecular formula is C21H18N4O2S. The van der Waals surface area contributed by atoms with Crippen molar-refractivity contribution in [3.05, 3.63) is 70.0 Å². The Kier molecular flexibility index (Phi) is 5.13. The number of nitriles is 1. The van der Waals surface area contributed by atoms with Crippen molar-refractivity contribution in [2.75, 3.05) is 5.75 Å². The number of nitrogens with zero attached hydrogens (tertiary/aromatic N) is 3. The van der Waals surface area contributed by atoms with Gasteiger partial charge in [0, 0.05) is 11.6 Å². The number of rotatable bonds is 6. The van der Waals surface area contributed by atoms with Crippen LogP contribution in [0.15, 0.2) is 58.5 Å². The molecule has 1 N–H and O–H groups in total. The predicted molar refractivity (Wildman–Crippen MR) is 108 cm³/mol. The summed E-state index contributed by atoms with van der Waals surface area (Å²) in [6.07, 6.45) is 2.09. The molecule has 0 unspecified atom stereocenters. The van der Waals surface area contributed by atoms with E-state index in [0.717, 1.165) is 18.4 Å². The fourth-order valence-corrected chi connectivity index (χ4v) is 3.59. The first-order valence-electron chi connectivity index (χ1n) is 9.05. The molecule has 6 nitrogen and oxygen atoms in total. The normalized spacial score (nSPS) is 13.2. The topological polar surface area (TPSA) is 87.8 Å². The number of hydrogen-bond donors (Lipinski definition) is 1. The minimum atomic E-state index is -0.137. The molecule has 1 fully saturated rings. The van der Waals surface area contributed by atoms with Crippen LogP contribution >= 0.6 is 11.8 Å². The number of nitrogens with one attached hydrogen (secondary N) is 1. The standard InChI is InChI=1S/C21H18N4O2S/c22-11-12-28-21-24-18-4-2-1-3-17(18)20(27)25(21)13-14-5-7-15(8-6-14)19(26)23-16-9-10-16/h1-8,16H,9-10,12-13H2,(H,23,26). The van der Waals surface area contributed by atoms with Gasteiger partial charge in [0.15, 0.2) is 5.16 Å². The summed E-state index contributed by atoms with van der Waals surface area (Å²) in [5, 5.41) is 12.9. The Morgan fingerprint density at radius 1 is 1.21 bits per heavy atom. The van der Waals surface area contributed by atoms with Gasteiger partial charge in [0.25, 0.3) is 11.5 Å². The molecule has 0 aliphatic heterocycles. The monoisotopic (exact) mass is 390 g/mol. The first kappa shape index (κ1) is 18.3. The van der Waals surface area contributed by atoms with Gasteiger partial charge in [0.05, 0.1) is 29.3 Å². The molecule has 0 radical (unpaired) electrons. The molecule has 0 atom stereocenters. The van der Waals surface area contributed by atoms with Crippen molar-refractivity contribution in [3.8, 4) is 6.07 Å². The molecule has 0 spiro atoms. The van der Waals surface area contributed by atoms with Crippen molar-refractivity contribution in [2.45, 2.75) is 30.6 Å². The molecule has 3 aromatic rings. The number of aromatic nitrogens is 2. The highest BCUT2D eigenvalue weighted by Gasteiger charge is 2.23. The molecule has 0 bridgehead atoms. The molecule has 4 rings (SSSR count). The Balaban J connectivity index is 1.64. The zero-order valence-corrected chi connectivity index (χ0v) is 15.9. The van der Waals surface area contributed by atoms with Gasteiger partial charge in [-0.15, -0.1) is 0 Å². The Morgan fingerprint density at radius 2 is 1.96 bits per heavy atom. The Hall–Kier alpha value is -3.11. The summed E-state index contributed by atoms with van der Waals surface area (Å²) in [6.45, 7) is 0.328. The maximum Gasteiger partial charge on any atom is 0.262 e. The van der Waals surface area contributed by atoms with E-state index in [0.29, 0.717) is 34.2 Å². The zero-order chi connectivity index (χ0) is 19.5. The van der Waals surface area contributed by atoms with E-state index in [9.17, 15) is 9.59 Å². The minimum Gasteiger partial charge on any atom is -0.349 e. The number of para-hydroxylation sites is 1. The van der Waals surface area contributed by atoms with Crippen molar-refractivity contribution < 1.29 is 4.79 Å². The van der Waals surface area contributed by atoms with E-state index in [-0.39, 0.29) is 17.2 Å². The molecular weight excluding hydrogens is 372 g/mol. The summed E-state index contributed by atoms with van der Waals surface area (Å²) in [6, 6.07) is 16.8. The lowest BCUT2D eigenvalue weighted by molar-refractivity contribution is 0.0951. The lowest BCUT2D eigenvalue weighted by atomic mass is 10.1. The minimum absolute atomic E-state index is 0.0659. The summed E-state index contributed by atoms with van der Waals surface area (Å²) < 4.78 is 1.59. The van der Waals surface area contributed by atoms with Crippen LogP contribution in [-0.2, 0) is 6.54 Å². The molecule has 1 saturated carbocycles. The molecule has 1 amide bonds. The van der Waals surface area contributed by atoms with E-state index in [2.05, 4.69) is 16.4 Å². The summed E-state index contributed by atoms with van der Waals surface area (Å²) in [5.41, 5.74) is 1.98. The summed E-state index contributed by atoms with van der Waals surface area (Å²) in [7, 11) is 0. The van der Waals surface area contributed by atoms with Crippen LogP contribution in [0.25, 0.3) is 10.9 Å². The molecule has 1 aliphatic carbocycles. The second-order valence-electron chi connectivity index (χ2n) is 6.69. The lowest BCUT2D eigenvalue weighted by Gasteiger charge is -2.13. The van der Waals surface area contributed by atoms with Gasteiger partial charge in [-0.05, 0) is 42.7 Å². The van der Waals surface area contributed by atoms with Gasteiger partial charge in [-0.1, -0.05) is 36.0 Å². The van der Waals surface area contributed by atoms with Gasteiger partial charge in [-0.3, -0.25) is 14.2 Å². The van der Waals surface area contributed by atoms with Gasteiger partial charge in [0.1, 0.15) is 0 Å². The zero-order valence-electron chi connectivity index (χ0n) is 15.1. The molecule has 1 heterocycles. The number of hydrogen-bond acceptors (Lipinski definition) is 5. The van der Waals surface area contributed by atoms with E-state index >= 15 is 0 Å². The molecule has 2 aromatic carbocycles. The lowest BCUT2D eigenvalue weighted by Crippen LogP contribution is -2.25. The highest BCUT2D eigenvalue weighted by Crippen LogP contribution is 2.20. The van der Waals surface area contributed by atoms with E-state index in [1.807, 2.05) is 24.3 Å². The van der Waals surface area contributed by atoms with Crippen molar-refractivity contribution in [2.24, 2.45) is 0 Å². The van der Waals surface area contributed by atoms with Crippen LogP contribution in [0.3, 0.4) is 0 Å². The van der Waals surface area contributed by atoms with Gasteiger partial charge >= 0.3 is 0 Å². The SMILES string of the molecule is N#CCSc1nc2ccccc2c(=O)n1Cc1ccc(C(=O)NC2CC2)cc1. The third kappa shape index (κ3) is 3.92. The molecule has 1 aliphatic rings. The number of thioether (sulfide) groups is 1. The summed E-state index contributed by atoms with van der Waals surface area (Å²) >= 11 is 1.24. The third-order valence-corrected chi connectivity index (χ3v) is 5.41. The maximum atomic E-state index is 13.0. The van der Waals surface area contributed by atoms with Crippen molar-refractivity contribution >= 4 is 28.6 Å². The molecule has 140 valence electrons. The number of fused-ring (bicyclic) bond motifs is 1. The van der Waals surface area contributed by atoms with Crippen LogP contribution in [0.2, 0.25) is 0 Å². The van der Waals surface area contributed by atoms with E-state index < -0.39 is 0 Å². The van der Waals surface area contributed by atoms with Crippen LogP contribution in [-0.4, -0.2) is 27.3 Å². The van der Waals surface area contributed by atoms with Crippen molar-refractivity contribution in [1.82, 2.24) is 14.9 Å². The van der Waals surface area contributed by atoms with E-state index in [1.54, 1.807) is 28.8 Å². The molecule has 0 saturated heterocycles. The second-order valence-corrected chi connectivity index (χ2v) is 7.64. The Morgan fingerprint density at radius 3 is 2.68 bits per heavy atom. The largest absolute Gasteiger partial charge is 0.349 e. The molecule has 28 heavy (non-hydrogen) atoms. The van der Waals surface area contributed by atoms with Crippen LogP contribution < -0.4 is 10.9 Å². The molecule has 1 aromatic heterocycles. The van der Waals surface area contributed by atoms with Crippen LogP contribution in [0.1, 0.15) is 28.8 Å². The van der Waals surface area contributed by atoms with Gasteiger partial charge < -0.3 is 5.32 Å². The molecule has 7 heteroatoms. The first-order chi connectivity index (χ1) is 13.7. The highest BCUT2D eigenvalue weighted by molar-refractivity contribution is 7.99. The number of benzene rings is 2. The quantitative estimate of drug-likeness (QED) is 0.516. The number of carbonyl (C=O) groups excluding carboxylic acids is 1. The van der Waals surface area contributed by atoms with Gasteiger partial charge in [-0.25, -0.2) is 4.98 Å². The predicted octanol–water partition coefficient (Wildman–Crippen LogP) is 2.95. The van der Waals surface area contributed by atoms with Crippen LogP contribution in [0, 0.1) is 11.3 Å². The fourth-order valence-electron chi connectivity index (χ4n) is 2.93. The van der Waals surface area contributed by atoms with Crippen LogP contribution in [0.5, 0.6) is 0 Å². The first-order valence-corrected chi connectivity index (χ1v) is 10.0. The second kappa shape index (κ2) is 7.87. The summed E-state index contributed by atoms with van der Waals surface area (Å²) in [5.74, 6) is 0.147. The van der Waals surface area contributed by atoms with E-state index in [1.165, 1.54) is 11.8 Å². The Labute approximate surface area is 166 Å². The smallest absolute Gasteiger partial charge is 0.262 e. The summed E-state index contributed by atoms with van der Waals surface area (Å²) in [4.78, 5) is 29.7. The van der Waals surface area contributed by atoms with Gasteiger partial charge in [0.2, 0.25) is 0 Å². The Bertz CT molecular complexity index is 1130. The van der Waals surface area contributed by atoms with Crippen LogP contribution in [0.4, 0.5) is 0 Å². The number of carbonyl (C=O) groups is 1. The maximum absolute atomic E-state index is 13.0. The average Bonchev–Trinajstić information content (AvgIpc) is 3.53. The van der Waals surface area contributed by atoms with Crippen molar-refractivity contribution in [3.63, 3.8) is 0 Å².